The van der Waals surface area contributed by atoms with E-state index < -0.39 is 4.92 Å². The third kappa shape index (κ3) is 4.98. The van der Waals surface area contributed by atoms with Crippen LogP contribution in [-0.2, 0) is 17.8 Å². The van der Waals surface area contributed by atoms with Gasteiger partial charge in [0.2, 0.25) is 6.54 Å². The molecule has 0 spiro atoms. The zero-order valence-electron chi connectivity index (χ0n) is 15.0. The first-order valence-corrected chi connectivity index (χ1v) is 8.58. The van der Waals surface area contributed by atoms with Gasteiger partial charge in [-0.1, -0.05) is 36.4 Å². The van der Waals surface area contributed by atoms with Gasteiger partial charge in [0.25, 0.3) is 11.6 Å². The number of aromatic nitrogens is 1. The van der Waals surface area contributed by atoms with Crippen molar-refractivity contribution in [2.75, 3.05) is 5.32 Å². The first-order valence-electron chi connectivity index (χ1n) is 8.58. The van der Waals surface area contributed by atoms with Gasteiger partial charge in [-0.2, -0.15) is 4.57 Å². The third-order valence-corrected chi connectivity index (χ3v) is 4.24. The molecule has 0 saturated carbocycles. The van der Waals surface area contributed by atoms with Gasteiger partial charge in [-0.3, -0.25) is 14.9 Å². The van der Waals surface area contributed by atoms with Gasteiger partial charge in [0, 0.05) is 24.3 Å². The van der Waals surface area contributed by atoms with Crippen molar-refractivity contribution < 1.29 is 14.3 Å². The molecule has 2 aromatic carbocycles. The number of hydrogen-bond acceptors (Lipinski definition) is 3. The lowest BCUT2D eigenvalue weighted by Gasteiger charge is -2.07. The van der Waals surface area contributed by atoms with Gasteiger partial charge >= 0.3 is 0 Å². The number of nitro groups is 1. The number of anilines is 1. The quantitative estimate of drug-likeness (QED) is 0.415. The zero-order valence-corrected chi connectivity index (χ0v) is 15.0. The number of carbonyl (C=O) groups is 1. The minimum Gasteiger partial charge on any atom is -0.320 e. The molecule has 0 atom stereocenters. The van der Waals surface area contributed by atoms with Gasteiger partial charge in [-0.15, -0.1) is 0 Å². The Labute approximate surface area is 157 Å². The van der Waals surface area contributed by atoms with Crippen LogP contribution in [-0.4, -0.2) is 10.8 Å². The van der Waals surface area contributed by atoms with Crippen molar-refractivity contribution in [1.29, 1.82) is 0 Å². The lowest BCUT2D eigenvalue weighted by molar-refractivity contribution is -0.684. The van der Waals surface area contributed by atoms with Gasteiger partial charge < -0.3 is 5.32 Å². The fourth-order valence-corrected chi connectivity index (χ4v) is 2.76. The molecular formula is C21H20N3O3+. The summed E-state index contributed by atoms with van der Waals surface area (Å²) in [6.45, 7) is 1.93. The number of non-ortho nitro benzene ring substituents is 1. The average molecular weight is 362 g/mol. The van der Waals surface area contributed by atoms with Crippen LogP contribution in [0.15, 0.2) is 73.1 Å². The highest BCUT2D eigenvalue weighted by atomic mass is 16.6. The third-order valence-electron chi connectivity index (χ3n) is 4.24. The zero-order chi connectivity index (χ0) is 19.2. The van der Waals surface area contributed by atoms with Crippen LogP contribution in [0.5, 0.6) is 0 Å². The maximum atomic E-state index is 12.3. The number of aryl methyl sites for hydroxylation is 1. The molecule has 0 bridgehead atoms. The summed E-state index contributed by atoms with van der Waals surface area (Å²) in [5, 5.41) is 13.6. The lowest BCUT2D eigenvalue weighted by Crippen LogP contribution is -2.39. The largest absolute Gasteiger partial charge is 0.320 e. The van der Waals surface area contributed by atoms with Crippen molar-refractivity contribution in [2.24, 2.45) is 0 Å². The van der Waals surface area contributed by atoms with E-state index in [-0.39, 0.29) is 18.1 Å². The summed E-state index contributed by atoms with van der Waals surface area (Å²) in [5.74, 6) is -0.237. The van der Waals surface area contributed by atoms with Gasteiger partial charge in [-0.05, 0) is 30.0 Å². The molecule has 27 heavy (non-hydrogen) atoms. The smallest absolute Gasteiger partial charge is 0.290 e. The Bertz CT molecular complexity index is 954. The number of amides is 1. The molecule has 3 rings (SSSR count). The average Bonchev–Trinajstić information content (AvgIpc) is 2.66. The van der Waals surface area contributed by atoms with Crippen LogP contribution < -0.4 is 9.88 Å². The van der Waals surface area contributed by atoms with Crippen LogP contribution in [0, 0.1) is 17.0 Å². The molecule has 3 aromatic rings. The minimum atomic E-state index is -0.477. The highest BCUT2D eigenvalue weighted by Crippen LogP contribution is 2.21. The van der Waals surface area contributed by atoms with E-state index in [1.807, 2.05) is 42.7 Å². The van der Waals surface area contributed by atoms with Gasteiger partial charge in [0.15, 0.2) is 12.4 Å². The van der Waals surface area contributed by atoms with Crippen LogP contribution in [0.1, 0.15) is 16.7 Å². The SMILES string of the molecule is Cc1ccc([N+](=O)[O-])cc1NC(=O)C[n+]1ccc(Cc2ccccc2)cc1. The summed E-state index contributed by atoms with van der Waals surface area (Å²) in [4.78, 5) is 22.7. The van der Waals surface area contributed by atoms with Crippen LogP contribution in [0.3, 0.4) is 0 Å². The monoisotopic (exact) mass is 362 g/mol. The Kier molecular flexibility index (Phi) is 5.56. The van der Waals surface area contributed by atoms with E-state index in [4.69, 9.17) is 0 Å². The van der Waals surface area contributed by atoms with Crippen molar-refractivity contribution in [2.45, 2.75) is 19.9 Å². The molecule has 6 heteroatoms. The van der Waals surface area contributed by atoms with Crippen molar-refractivity contribution in [3.05, 3.63) is 99.9 Å². The van der Waals surface area contributed by atoms with Crippen LogP contribution >= 0.6 is 0 Å². The van der Waals surface area contributed by atoms with Crippen LogP contribution in [0.4, 0.5) is 11.4 Å². The fourth-order valence-electron chi connectivity index (χ4n) is 2.76. The highest BCUT2D eigenvalue weighted by Gasteiger charge is 2.14. The molecule has 136 valence electrons. The molecule has 0 saturated heterocycles. The minimum absolute atomic E-state index is 0.0474. The van der Waals surface area contributed by atoms with Crippen LogP contribution in [0.25, 0.3) is 0 Å². The molecule has 1 N–H and O–H groups in total. The number of benzene rings is 2. The molecule has 6 nitrogen and oxygen atoms in total. The summed E-state index contributed by atoms with van der Waals surface area (Å²) in [7, 11) is 0. The predicted octanol–water partition coefficient (Wildman–Crippen LogP) is 3.42. The highest BCUT2D eigenvalue weighted by molar-refractivity contribution is 5.90. The Morgan fingerprint density at radius 2 is 1.70 bits per heavy atom. The number of hydrogen-bond donors (Lipinski definition) is 1. The lowest BCUT2D eigenvalue weighted by atomic mass is 10.1. The van der Waals surface area contributed by atoms with E-state index in [0.29, 0.717) is 5.69 Å². The van der Waals surface area contributed by atoms with Crippen LogP contribution in [0.2, 0.25) is 0 Å². The van der Waals surface area contributed by atoms with E-state index in [9.17, 15) is 14.9 Å². The maximum Gasteiger partial charge on any atom is 0.290 e. The molecule has 1 aromatic heterocycles. The number of nitrogens with one attached hydrogen (secondary N) is 1. The predicted molar refractivity (Wildman–Crippen MR) is 102 cm³/mol. The van der Waals surface area contributed by atoms with E-state index in [1.54, 1.807) is 17.6 Å². The number of nitro benzene ring substituents is 1. The second kappa shape index (κ2) is 8.23. The molecule has 0 fully saturated rings. The number of nitrogens with zero attached hydrogens (tertiary/aromatic N) is 2. The molecule has 0 radical (unpaired) electrons. The van der Waals surface area contributed by atoms with Crippen molar-refractivity contribution >= 4 is 17.3 Å². The van der Waals surface area contributed by atoms with Crippen molar-refractivity contribution in [1.82, 2.24) is 0 Å². The standard InChI is InChI=1S/C21H19N3O3/c1-16-7-8-19(24(26)27)14-20(16)22-21(25)15-23-11-9-18(10-12-23)13-17-5-3-2-4-6-17/h2-12,14H,13,15H2,1H3/p+1. The first-order chi connectivity index (χ1) is 13.0. The number of pyridine rings is 1. The Morgan fingerprint density at radius 3 is 2.37 bits per heavy atom. The first kappa shape index (κ1) is 18.3. The molecule has 0 aliphatic rings. The Hall–Kier alpha value is -3.54. The van der Waals surface area contributed by atoms with Gasteiger partial charge in [0.1, 0.15) is 0 Å². The molecular weight excluding hydrogens is 342 g/mol. The molecule has 1 heterocycles. The second-order valence-corrected chi connectivity index (χ2v) is 6.35. The fraction of sp³-hybridized carbons (Fsp3) is 0.143. The van der Waals surface area contributed by atoms with E-state index >= 15 is 0 Å². The van der Waals surface area contributed by atoms with E-state index in [2.05, 4.69) is 17.4 Å². The topological polar surface area (TPSA) is 76.1 Å². The molecule has 0 unspecified atom stereocenters. The van der Waals surface area contributed by atoms with Crippen molar-refractivity contribution in [3.8, 4) is 0 Å². The van der Waals surface area contributed by atoms with E-state index in [0.717, 1.165) is 17.5 Å². The summed E-state index contributed by atoms with van der Waals surface area (Å²) in [5.41, 5.74) is 3.57. The Morgan fingerprint density at radius 1 is 1.04 bits per heavy atom. The normalized spacial score (nSPS) is 10.4. The summed E-state index contributed by atoms with van der Waals surface area (Å²) in [6.07, 6.45) is 4.55. The second-order valence-electron chi connectivity index (χ2n) is 6.35. The summed E-state index contributed by atoms with van der Waals surface area (Å²) >= 11 is 0. The summed E-state index contributed by atoms with van der Waals surface area (Å²) in [6, 6.07) is 18.6. The molecule has 0 aliphatic heterocycles. The molecule has 0 aliphatic carbocycles. The molecule has 1 amide bonds. The number of rotatable bonds is 6. The Balaban J connectivity index is 1.63. The van der Waals surface area contributed by atoms with Crippen molar-refractivity contribution in [3.63, 3.8) is 0 Å². The van der Waals surface area contributed by atoms with E-state index in [1.165, 1.54) is 17.7 Å². The van der Waals surface area contributed by atoms with Gasteiger partial charge in [-0.25, -0.2) is 0 Å². The summed E-state index contributed by atoms with van der Waals surface area (Å²) < 4.78 is 1.77. The maximum absolute atomic E-state index is 12.3. The van der Waals surface area contributed by atoms with Gasteiger partial charge in [0.05, 0.1) is 10.6 Å². The number of carbonyl (C=O) groups excluding carboxylic acids is 1.